The molecule has 0 saturated heterocycles. The van der Waals surface area contributed by atoms with Crippen LogP contribution >= 0.6 is 15.9 Å². The normalized spacial score (nSPS) is 11.4. The van der Waals surface area contributed by atoms with E-state index in [1.54, 1.807) is 0 Å². The van der Waals surface area contributed by atoms with Crippen molar-refractivity contribution >= 4 is 21.8 Å². The first-order valence-corrected chi connectivity index (χ1v) is 7.74. The Kier molecular flexibility index (Phi) is 4.88. The zero-order valence-corrected chi connectivity index (χ0v) is 14.2. The van der Waals surface area contributed by atoms with E-state index < -0.39 is 0 Å². The lowest BCUT2D eigenvalue weighted by atomic mass is 9.92. The first kappa shape index (κ1) is 15.8. The van der Waals surface area contributed by atoms with Crippen LogP contribution in [-0.2, 0) is 11.3 Å². The summed E-state index contributed by atoms with van der Waals surface area (Å²) in [5, 5.41) is 2.89. The van der Waals surface area contributed by atoms with E-state index in [-0.39, 0.29) is 11.3 Å². The Bertz CT molecular complexity index is 608. The van der Waals surface area contributed by atoms with Crippen LogP contribution in [0.15, 0.2) is 45.3 Å². The van der Waals surface area contributed by atoms with Crippen LogP contribution in [0.3, 0.4) is 0 Å². The number of rotatable bonds is 4. The number of hydrogen-bond acceptors (Lipinski definition) is 2. The van der Waals surface area contributed by atoms with E-state index in [4.69, 9.17) is 4.42 Å². The Morgan fingerprint density at radius 2 is 1.81 bits per heavy atom. The van der Waals surface area contributed by atoms with Gasteiger partial charge in [-0.15, -0.1) is 0 Å². The zero-order chi connectivity index (χ0) is 15.5. The van der Waals surface area contributed by atoms with Gasteiger partial charge in [0.1, 0.15) is 11.5 Å². The van der Waals surface area contributed by atoms with Crippen molar-refractivity contribution < 1.29 is 9.21 Å². The fourth-order valence-corrected chi connectivity index (χ4v) is 2.24. The van der Waals surface area contributed by atoms with Gasteiger partial charge in [-0.25, -0.2) is 0 Å². The minimum absolute atomic E-state index is 0.00413. The van der Waals surface area contributed by atoms with Gasteiger partial charge in [-0.3, -0.25) is 4.79 Å². The number of benzene rings is 1. The van der Waals surface area contributed by atoms with Gasteiger partial charge >= 0.3 is 0 Å². The van der Waals surface area contributed by atoms with Gasteiger partial charge in [0, 0.05) is 16.5 Å². The lowest BCUT2D eigenvalue weighted by molar-refractivity contribution is -0.123. The van der Waals surface area contributed by atoms with Gasteiger partial charge < -0.3 is 9.73 Å². The zero-order valence-electron chi connectivity index (χ0n) is 12.6. The number of hydrogen-bond donors (Lipinski definition) is 1. The molecule has 3 nitrogen and oxygen atoms in total. The molecule has 21 heavy (non-hydrogen) atoms. The summed E-state index contributed by atoms with van der Waals surface area (Å²) < 4.78 is 6.79. The number of furan rings is 1. The Morgan fingerprint density at radius 1 is 1.14 bits per heavy atom. The van der Waals surface area contributed by atoms with Crippen molar-refractivity contribution in [1.82, 2.24) is 5.32 Å². The van der Waals surface area contributed by atoms with E-state index in [9.17, 15) is 4.79 Å². The molecular weight excluding hydrogens is 330 g/mol. The van der Waals surface area contributed by atoms with Crippen LogP contribution in [0.2, 0.25) is 0 Å². The lowest BCUT2D eigenvalue weighted by Gasteiger charge is -2.16. The molecule has 2 rings (SSSR count). The standard InChI is InChI=1S/C17H20BrNO2/c1-17(2,3)10-16(20)19-11-14-8-9-15(21-14)12-4-6-13(18)7-5-12/h4-9H,10-11H2,1-3H3,(H,19,20). The van der Waals surface area contributed by atoms with Crippen LogP contribution in [0.1, 0.15) is 33.0 Å². The smallest absolute Gasteiger partial charge is 0.220 e. The highest BCUT2D eigenvalue weighted by atomic mass is 79.9. The number of carbonyl (C=O) groups is 1. The van der Waals surface area contributed by atoms with E-state index in [0.717, 1.165) is 21.6 Å². The van der Waals surface area contributed by atoms with Gasteiger partial charge in [-0.1, -0.05) is 48.8 Å². The molecule has 0 atom stereocenters. The molecule has 0 saturated carbocycles. The van der Waals surface area contributed by atoms with Crippen LogP contribution in [0.25, 0.3) is 11.3 Å². The molecule has 4 heteroatoms. The van der Waals surface area contributed by atoms with Crippen molar-refractivity contribution in [2.75, 3.05) is 0 Å². The second-order valence-electron chi connectivity index (χ2n) is 6.29. The van der Waals surface area contributed by atoms with Crippen molar-refractivity contribution in [3.8, 4) is 11.3 Å². The number of halogens is 1. The average Bonchev–Trinajstić information content (AvgIpc) is 2.84. The summed E-state index contributed by atoms with van der Waals surface area (Å²) >= 11 is 3.41. The second kappa shape index (κ2) is 6.48. The minimum atomic E-state index is -0.00413. The minimum Gasteiger partial charge on any atom is -0.459 e. The van der Waals surface area contributed by atoms with Gasteiger partial charge in [0.05, 0.1) is 6.54 Å². The Labute approximate surface area is 133 Å². The van der Waals surface area contributed by atoms with Gasteiger partial charge in [0.15, 0.2) is 0 Å². The van der Waals surface area contributed by atoms with Crippen molar-refractivity contribution in [3.05, 3.63) is 46.6 Å². The summed E-state index contributed by atoms with van der Waals surface area (Å²) in [7, 11) is 0. The van der Waals surface area contributed by atoms with Gasteiger partial charge in [0.25, 0.3) is 0 Å². The van der Waals surface area contributed by atoms with E-state index >= 15 is 0 Å². The van der Waals surface area contributed by atoms with Crippen LogP contribution in [-0.4, -0.2) is 5.91 Å². The quantitative estimate of drug-likeness (QED) is 0.864. The van der Waals surface area contributed by atoms with Gasteiger partial charge in [-0.2, -0.15) is 0 Å². The number of amides is 1. The largest absolute Gasteiger partial charge is 0.459 e. The molecule has 0 aliphatic rings. The summed E-state index contributed by atoms with van der Waals surface area (Å²) in [6.45, 7) is 6.56. The van der Waals surface area contributed by atoms with Gasteiger partial charge in [-0.05, 0) is 29.7 Å². The predicted molar refractivity (Wildman–Crippen MR) is 87.8 cm³/mol. The molecule has 1 aromatic heterocycles. The Hall–Kier alpha value is -1.55. The fourth-order valence-electron chi connectivity index (χ4n) is 1.97. The molecule has 1 N–H and O–H groups in total. The average molecular weight is 350 g/mol. The summed E-state index contributed by atoms with van der Waals surface area (Å²) in [5.41, 5.74) is 1.01. The Balaban J connectivity index is 1.94. The topological polar surface area (TPSA) is 42.2 Å². The van der Waals surface area contributed by atoms with Crippen molar-refractivity contribution in [3.63, 3.8) is 0 Å². The summed E-state index contributed by atoms with van der Waals surface area (Å²) in [5.74, 6) is 1.61. The molecule has 0 unspecified atom stereocenters. The monoisotopic (exact) mass is 349 g/mol. The molecule has 0 bridgehead atoms. The lowest BCUT2D eigenvalue weighted by Crippen LogP contribution is -2.26. The van der Waals surface area contributed by atoms with E-state index in [2.05, 4.69) is 21.2 Å². The molecule has 1 heterocycles. The molecule has 112 valence electrons. The van der Waals surface area contributed by atoms with Crippen molar-refractivity contribution in [2.24, 2.45) is 5.41 Å². The molecule has 1 amide bonds. The number of nitrogens with one attached hydrogen (secondary N) is 1. The summed E-state index contributed by atoms with van der Waals surface area (Å²) in [6, 6.07) is 11.8. The third-order valence-corrected chi connectivity index (χ3v) is 3.47. The van der Waals surface area contributed by atoms with Crippen LogP contribution < -0.4 is 5.32 Å². The third kappa shape index (κ3) is 5.05. The highest BCUT2D eigenvalue weighted by molar-refractivity contribution is 9.10. The highest BCUT2D eigenvalue weighted by Crippen LogP contribution is 2.24. The third-order valence-electron chi connectivity index (χ3n) is 2.94. The van der Waals surface area contributed by atoms with Crippen LogP contribution in [0, 0.1) is 5.41 Å². The predicted octanol–water partition coefficient (Wildman–Crippen LogP) is 4.76. The SMILES string of the molecule is CC(C)(C)CC(=O)NCc1ccc(-c2ccc(Br)cc2)o1. The molecule has 1 aromatic carbocycles. The maximum absolute atomic E-state index is 11.8. The maximum atomic E-state index is 11.8. The number of carbonyl (C=O) groups excluding carboxylic acids is 1. The molecule has 2 aromatic rings. The van der Waals surface area contributed by atoms with Gasteiger partial charge in [0.2, 0.25) is 5.91 Å². The molecule has 0 radical (unpaired) electrons. The summed E-state index contributed by atoms with van der Waals surface area (Å²) in [4.78, 5) is 11.8. The Morgan fingerprint density at radius 3 is 2.43 bits per heavy atom. The molecule has 0 spiro atoms. The van der Waals surface area contributed by atoms with Crippen molar-refractivity contribution in [1.29, 1.82) is 0 Å². The maximum Gasteiger partial charge on any atom is 0.220 e. The van der Waals surface area contributed by atoms with Crippen LogP contribution in [0.5, 0.6) is 0 Å². The first-order chi connectivity index (χ1) is 9.83. The second-order valence-corrected chi connectivity index (χ2v) is 7.20. The fraction of sp³-hybridized carbons (Fsp3) is 0.353. The van der Waals surface area contributed by atoms with E-state index in [0.29, 0.717) is 13.0 Å². The molecule has 0 fully saturated rings. The molecule has 0 aliphatic carbocycles. The highest BCUT2D eigenvalue weighted by Gasteiger charge is 2.16. The first-order valence-electron chi connectivity index (χ1n) is 6.95. The van der Waals surface area contributed by atoms with E-state index in [1.165, 1.54) is 0 Å². The molecular formula is C17H20BrNO2. The van der Waals surface area contributed by atoms with E-state index in [1.807, 2.05) is 57.2 Å². The van der Waals surface area contributed by atoms with Crippen molar-refractivity contribution in [2.45, 2.75) is 33.7 Å². The van der Waals surface area contributed by atoms with Crippen LogP contribution in [0.4, 0.5) is 0 Å². The summed E-state index contributed by atoms with van der Waals surface area (Å²) in [6.07, 6.45) is 0.507. The molecule has 0 aliphatic heterocycles.